The van der Waals surface area contributed by atoms with Crippen LogP contribution in [0.25, 0.3) is 0 Å². The SMILES string of the molecule is NCC1C2CCC1CC2. The van der Waals surface area contributed by atoms with Gasteiger partial charge in [0.15, 0.2) is 0 Å². The molecule has 2 fully saturated rings. The summed E-state index contributed by atoms with van der Waals surface area (Å²) in [6.45, 7) is 0.954. The van der Waals surface area contributed by atoms with Crippen LogP contribution in [-0.2, 0) is 0 Å². The largest absolute Gasteiger partial charge is 0.330 e. The lowest BCUT2D eigenvalue weighted by molar-refractivity contribution is 0.417. The predicted molar refractivity (Wildman–Crippen MR) is 38.0 cm³/mol. The minimum absolute atomic E-state index is 0.921. The van der Waals surface area contributed by atoms with Gasteiger partial charge in [-0.15, -0.1) is 0 Å². The summed E-state index contributed by atoms with van der Waals surface area (Å²) in [5, 5.41) is 0. The van der Waals surface area contributed by atoms with E-state index in [1.807, 2.05) is 0 Å². The highest BCUT2D eigenvalue weighted by Gasteiger charge is 2.40. The molecule has 0 aromatic carbocycles. The molecule has 1 nitrogen and oxygen atoms in total. The number of hydrogen-bond acceptors (Lipinski definition) is 1. The Morgan fingerprint density at radius 2 is 1.44 bits per heavy atom. The molecule has 0 radical (unpaired) electrons. The summed E-state index contributed by atoms with van der Waals surface area (Å²) in [4.78, 5) is 0. The van der Waals surface area contributed by atoms with Crippen molar-refractivity contribution < 1.29 is 0 Å². The smallest absolute Gasteiger partial charge is 0.00436 e. The lowest BCUT2D eigenvalue weighted by Crippen LogP contribution is -2.17. The van der Waals surface area contributed by atoms with E-state index in [1.165, 1.54) is 25.7 Å². The van der Waals surface area contributed by atoms with Gasteiger partial charge in [0.1, 0.15) is 0 Å². The third-order valence-corrected chi connectivity index (χ3v) is 3.30. The molecular formula is C8H15N. The Hall–Kier alpha value is -0.0400. The first-order valence-electron chi connectivity index (χ1n) is 4.12. The van der Waals surface area contributed by atoms with Gasteiger partial charge in [-0.3, -0.25) is 0 Å². The van der Waals surface area contributed by atoms with Gasteiger partial charge < -0.3 is 5.73 Å². The molecule has 9 heavy (non-hydrogen) atoms. The third-order valence-electron chi connectivity index (χ3n) is 3.30. The summed E-state index contributed by atoms with van der Waals surface area (Å²) >= 11 is 0. The molecule has 0 spiro atoms. The highest BCUT2D eigenvalue weighted by Crippen LogP contribution is 2.48. The van der Waals surface area contributed by atoms with E-state index in [1.54, 1.807) is 0 Å². The molecule has 0 saturated heterocycles. The van der Waals surface area contributed by atoms with Gasteiger partial charge in [0, 0.05) is 0 Å². The van der Waals surface area contributed by atoms with Crippen molar-refractivity contribution in [2.45, 2.75) is 25.7 Å². The minimum Gasteiger partial charge on any atom is -0.330 e. The lowest BCUT2D eigenvalue weighted by Gasteiger charge is -2.10. The van der Waals surface area contributed by atoms with Crippen molar-refractivity contribution in [1.29, 1.82) is 0 Å². The van der Waals surface area contributed by atoms with Crippen molar-refractivity contribution in [2.75, 3.05) is 6.54 Å². The molecule has 0 amide bonds. The van der Waals surface area contributed by atoms with Crippen LogP contribution in [0.1, 0.15) is 25.7 Å². The Morgan fingerprint density at radius 1 is 1.00 bits per heavy atom. The monoisotopic (exact) mass is 125 g/mol. The van der Waals surface area contributed by atoms with Crippen LogP contribution in [0.3, 0.4) is 0 Å². The first-order chi connectivity index (χ1) is 4.42. The summed E-state index contributed by atoms with van der Waals surface area (Å²) in [6, 6.07) is 0. The molecule has 0 atom stereocenters. The number of nitrogens with two attached hydrogens (primary N) is 1. The molecule has 0 heterocycles. The van der Waals surface area contributed by atoms with Crippen LogP contribution in [0.15, 0.2) is 0 Å². The number of hydrogen-bond donors (Lipinski definition) is 1. The van der Waals surface area contributed by atoms with Gasteiger partial charge in [0.25, 0.3) is 0 Å². The average Bonchev–Trinajstić information content (AvgIpc) is 2.44. The van der Waals surface area contributed by atoms with Gasteiger partial charge in [-0.05, 0) is 50.0 Å². The Bertz CT molecular complexity index is 91.1. The Morgan fingerprint density at radius 3 is 1.67 bits per heavy atom. The molecule has 0 unspecified atom stereocenters. The topological polar surface area (TPSA) is 26.0 Å². The molecule has 2 aliphatic carbocycles. The summed E-state index contributed by atoms with van der Waals surface area (Å²) < 4.78 is 0. The van der Waals surface area contributed by atoms with Crippen molar-refractivity contribution in [1.82, 2.24) is 0 Å². The van der Waals surface area contributed by atoms with Crippen LogP contribution >= 0.6 is 0 Å². The molecule has 2 saturated carbocycles. The van der Waals surface area contributed by atoms with Gasteiger partial charge >= 0.3 is 0 Å². The molecule has 0 aromatic heterocycles. The van der Waals surface area contributed by atoms with E-state index in [0.29, 0.717) is 0 Å². The van der Waals surface area contributed by atoms with E-state index in [-0.39, 0.29) is 0 Å². The quantitative estimate of drug-likeness (QED) is 0.563. The van der Waals surface area contributed by atoms with Crippen LogP contribution in [0.2, 0.25) is 0 Å². The minimum atomic E-state index is 0.921. The molecule has 52 valence electrons. The highest BCUT2D eigenvalue weighted by molar-refractivity contribution is 4.91. The fraction of sp³-hybridized carbons (Fsp3) is 1.00. The fourth-order valence-corrected chi connectivity index (χ4v) is 2.77. The van der Waals surface area contributed by atoms with E-state index in [2.05, 4.69) is 0 Å². The molecule has 0 aromatic rings. The standard InChI is InChI=1S/C8H15N/c9-5-8-6-1-2-7(8)4-3-6/h6-8H,1-5,9H2. The second-order valence-electron chi connectivity index (χ2n) is 3.57. The van der Waals surface area contributed by atoms with E-state index in [4.69, 9.17) is 5.73 Å². The van der Waals surface area contributed by atoms with Crippen LogP contribution < -0.4 is 5.73 Å². The zero-order valence-electron chi connectivity index (χ0n) is 5.84. The van der Waals surface area contributed by atoms with Crippen molar-refractivity contribution >= 4 is 0 Å². The van der Waals surface area contributed by atoms with Crippen LogP contribution in [0, 0.1) is 17.8 Å². The van der Waals surface area contributed by atoms with Gasteiger partial charge in [-0.25, -0.2) is 0 Å². The maximum atomic E-state index is 5.65. The Labute approximate surface area is 56.6 Å². The normalized spacial score (nSPS) is 48.3. The maximum absolute atomic E-state index is 5.65. The zero-order valence-corrected chi connectivity index (χ0v) is 5.84. The average molecular weight is 125 g/mol. The Balaban J connectivity index is 2.08. The molecule has 1 heteroatoms. The van der Waals surface area contributed by atoms with E-state index in [9.17, 15) is 0 Å². The van der Waals surface area contributed by atoms with Gasteiger partial charge in [0.05, 0.1) is 0 Å². The van der Waals surface area contributed by atoms with Crippen molar-refractivity contribution in [2.24, 2.45) is 23.5 Å². The second kappa shape index (κ2) is 1.98. The van der Waals surface area contributed by atoms with Crippen LogP contribution in [0.5, 0.6) is 0 Å². The lowest BCUT2D eigenvalue weighted by atomic mass is 9.99. The first-order valence-corrected chi connectivity index (χ1v) is 4.12. The van der Waals surface area contributed by atoms with Crippen molar-refractivity contribution in [3.05, 3.63) is 0 Å². The molecule has 2 bridgehead atoms. The molecular weight excluding hydrogens is 110 g/mol. The summed E-state index contributed by atoms with van der Waals surface area (Å²) in [5.74, 6) is 2.98. The molecule has 2 aliphatic rings. The third kappa shape index (κ3) is 0.710. The van der Waals surface area contributed by atoms with Gasteiger partial charge in [-0.1, -0.05) is 0 Å². The van der Waals surface area contributed by atoms with E-state index < -0.39 is 0 Å². The second-order valence-corrected chi connectivity index (χ2v) is 3.57. The summed E-state index contributed by atoms with van der Waals surface area (Å²) in [6.07, 6.45) is 5.91. The van der Waals surface area contributed by atoms with Crippen LogP contribution in [0.4, 0.5) is 0 Å². The summed E-state index contributed by atoms with van der Waals surface area (Å²) in [5.41, 5.74) is 5.65. The first kappa shape index (κ1) is 5.72. The molecule has 2 N–H and O–H groups in total. The van der Waals surface area contributed by atoms with Crippen molar-refractivity contribution in [3.63, 3.8) is 0 Å². The highest BCUT2D eigenvalue weighted by atomic mass is 14.6. The summed E-state index contributed by atoms with van der Waals surface area (Å²) in [7, 11) is 0. The van der Waals surface area contributed by atoms with E-state index >= 15 is 0 Å². The number of fused-ring (bicyclic) bond motifs is 2. The fourth-order valence-electron chi connectivity index (χ4n) is 2.77. The predicted octanol–water partition coefficient (Wildman–Crippen LogP) is 1.38. The maximum Gasteiger partial charge on any atom is -0.00436 e. The molecule has 2 rings (SSSR count). The van der Waals surface area contributed by atoms with Gasteiger partial charge in [-0.2, -0.15) is 0 Å². The van der Waals surface area contributed by atoms with Gasteiger partial charge in [0.2, 0.25) is 0 Å². The number of rotatable bonds is 1. The van der Waals surface area contributed by atoms with Crippen LogP contribution in [-0.4, -0.2) is 6.54 Å². The van der Waals surface area contributed by atoms with E-state index in [0.717, 1.165) is 24.3 Å². The van der Waals surface area contributed by atoms with Crippen molar-refractivity contribution in [3.8, 4) is 0 Å². The molecule has 0 aliphatic heterocycles. The Kier molecular flexibility index (Phi) is 1.26. The zero-order chi connectivity index (χ0) is 6.27.